The van der Waals surface area contributed by atoms with Crippen LogP contribution in [0.1, 0.15) is 11.1 Å². The SMILES string of the molecule is OC(c1ccccc1)(c1ccccc1)C1Nc2ccccc2N1. The maximum absolute atomic E-state index is 11.7. The summed E-state index contributed by atoms with van der Waals surface area (Å²) in [6.45, 7) is 0. The minimum Gasteiger partial charge on any atom is -0.376 e. The number of hydrogen-bond acceptors (Lipinski definition) is 3. The van der Waals surface area contributed by atoms with E-state index in [1.807, 2.05) is 84.9 Å². The van der Waals surface area contributed by atoms with E-state index in [0.29, 0.717) is 0 Å². The Morgan fingerprint density at radius 3 is 1.43 bits per heavy atom. The fourth-order valence-corrected chi connectivity index (χ4v) is 3.18. The third-order valence-electron chi connectivity index (χ3n) is 4.37. The number of benzene rings is 3. The van der Waals surface area contributed by atoms with Crippen LogP contribution < -0.4 is 10.6 Å². The van der Waals surface area contributed by atoms with Gasteiger partial charge in [-0.2, -0.15) is 0 Å². The molecule has 0 spiro atoms. The molecule has 0 aliphatic carbocycles. The average molecular weight is 302 g/mol. The first-order valence-corrected chi connectivity index (χ1v) is 7.74. The standard InChI is InChI=1S/C20H18N2O/c23-20(15-9-3-1-4-10-15,16-11-5-2-6-12-16)19-21-17-13-7-8-14-18(17)22-19/h1-14,19,21-23H. The minimum absolute atomic E-state index is 0.343. The van der Waals surface area contributed by atoms with Crippen LogP contribution in [-0.4, -0.2) is 11.3 Å². The lowest BCUT2D eigenvalue weighted by Crippen LogP contribution is -2.47. The zero-order valence-electron chi connectivity index (χ0n) is 12.6. The summed E-state index contributed by atoms with van der Waals surface area (Å²) in [4.78, 5) is 0. The zero-order valence-corrected chi connectivity index (χ0v) is 12.6. The highest BCUT2D eigenvalue weighted by Gasteiger charge is 2.43. The van der Waals surface area contributed by atoms with Crippen LogP contribution in [0, 0.1) is 0 Å². The van der Waals surface area contributed by atoms with Gasteiger partial charge in [0.15, 0.2) is 5.60 Å². The monoisotopic (exact) mass is 302 g/mol. The van der Waals surface area contributed by atoms with Gasteiger partial charge in [0, 0.05) is 0 Å². The van der Waals surface area contributed by atoms with E-state index in [1.165, 1.54) is 0 Å². The van der Waals surface area contributed by atoms with Crippen molar-refractivity contribution in [2.45, 2.75) is 11.8 Å². The molecular weight excluding hydrogens is 284 g/mol. The van der Waals surface area contributed by atoms with E-state index in [0.717, 1.165) is 22.5 Å². The molecule has 1 aliphatic heterocycles. The Hall–Kier alpha value is -2.78. The molecule has 0 radical (unpaired) electrons. The number of rotatable bonds is 3. The number of para-hydroxylation sites is 2. The summed E-state index contributed by atoms with van der Waals surface area (Å²) in [6, 6.07) is 27.5. The predicted octanol–water partition coefficient (Wildman–Crippen LogP) is 3.79. The zero-order chi connectivity index (χ0) is 15.7. The molecule has 3 aromatic rings. The van der Waals surface area contributed by atoms with E-state index in [9.17, 15) is 5.11 Å². The van der Waals surface area contributed by atoms with Crippen LogP contribution in [-0.2, 0) is 5.60 Å². The maximum atomic E-state index is 11.7. The lowest BCUT2D eigenvalue weighted by molar-refractivity contribution is 0.0689. The summed E-state index contributed by atoms with van der Waals surface area (Å²) in [7, 11) is 0. The molecule has 3 N–H and O–H groups in total. The molecule has 3 aromatic carbocycles. The van der Waals surface area contributed by atoms with Crippen molar-refractivity contribution in [2.75, 3.05) is 10.6 Å². The van der Waals surface area contributed by atoms with E-state index in [-0.39, 0.29) is 6.17 Å². The molecule has 1 aliphatic rings. The van der Waals surface area contributed by atoms with Crippen molar-refractivity contribution < 1.29 is 5.11 Å². The van der Waals surface area contributed by atoms with Gasteiger partial charge >= 0.3 is 0 Å². The van der Waals surface area contributed by atoms with Gasteiger partial charge < -0.3 is 15.7 Å². The Labute approximate surface area is 135 Å². The van der Waals surface area contributed by atoms with Gasteiger partial charge in [-0.05, 0) is 23.3 Å². The molecule has 114 valence electrons. The van der Waals surface area contributed by atoms with Crippen LogP contribution in [0.4, 0.5) is 11.4 Å². The molecule has 23 heavy (non-hydrogen) atoms. The van der Waals surface area contributed by atoms with Crippen molar-refractivity contribution in [3.63, 3.8) is 0 Å². The Morgan fingerprint density at radius 1 is 0.609 bits per heavy atom. The second kappa shape index (κ2) is 5.45. The molecule has 0 amide bonds. The molecular formula is C20H18N2O. The molecule has 1 heterocycles. The second-order valence-corrected chi connectivity index (χ2v) is 5.77. The van der Waals surface area contributed by atoms with E-state index in [4.69, 9.17) is 0 Å². The summed E-state index contributed by atoms with van der Waals surface area (Å²) < 4.78 is 0. The summed E-state index contributed by atoms with van der Waals surface area (Å²) in [5.41, 5.74) is 2.53. The van der Waals surface area contributed by atoms with Gasteiger partial charge in [0.1, 0.15) is 6.17 Å². The van der Waals surface area contributed by atoms with Crippen molar-refractivity contribution in [3.05, 3.63) is 96.1 Å². The van der Waals surface area contributed by atoms with E-state index >= 15 is 0 Å². The van der Waals surface area contributed by atoms with Gasteiger partial charge in [-0.3, -0.25) is 0 Å². The third kappa shape index (κ3) is 2.26. The van der Waals surface area contributed by atoms with Crippen LogP contribution >= 0.6 is 0 Å². The van der Waals surface area contributed by atoms with Crippen LogP contribution in [0.2, 0.25) is 0 Å². The summed E-state index contributed by atoms with van der Waals surface area (Å²) in [5, 5.41) is 18.5. The molecule has 0 saturated carbocycles. The van der Waals surface area contributed by atoms with Crippen molar-refractivity contribution >= 4 is 11.4 Å². The van der Waals surface area contributed by atoms with Crippen LogP contribution in [0.3, 0.4) is 0 Å². The van der Waals surface area contributed by atoms with Gasteiger partial charge in [0.2, 0.25) is 0 Å². The third-order valence-corrected chi connectivity index (χ3v) is 4.37. The Balaban J connectivity index is 1.82. The molecule has 0 bridgehead atoms. The molecule has 0 atom stereocenters. The molecule has 0 unspecified atom stereocenters. The van der Waals surface area contributed by atoms with E-state index < -0.39 is 5.60 Å². The number of aliphatic hydroxyl groups is 1. The second-order valence-electron chi connectivity index (χ2n) is 5.77. The van der Waals surface area contributed by atoms with Gasteiger partial charge in [-0.25, -0.2) is 0 Å². The Bertz CT molecular complexity index is 738. The summed E-state index contributed by atoms with van der Waals surface area (Å²) >= 11 is 0. The highest BCUT2D eigenvalue weighted by molar-refractivity contribution is 5.75. The van der Waals surface area contributed by atoms with E-state index in [1.54, 1.807) is 0 Å². The first-order valence-electron chi connectivity index (χ1n) is 7.74. The van der Waals surface area contributed by atoms with Crippen LogP contribution in [0.15, 0.2) is 84.9 Å². The van der Waals surface area contributed by atoms with Gasteiger partial charge in [0.25, 0.3) is 0 Å². The highest BCUT2D eigenvalue weighted by Crippen LogP contribution is 2.40. The molecule has 0 fully saturated rings. The molecule has 0 saturated heterocycles. The fraction of sp³-hybridized carbons (Fsp3) is 0.100. The largest absolute Gasteiger partial charge is 0.376 e. The molecule has 0 aromatic heterocycles. The maximum Gasteiger partial charge on any atom is 0.153 e. The van der Waals surface area contributed by atoms with Gasteiger partial charge in [-0.1, -0.05) is 72.8 Å². The van der Waals surface area contributed by atoms with Crippen molar-refractivity contribution in [1.82, 2.24) is 0 Å². The highest BCUT2D eigenvalue weighted by atomic mass is 16.3. The van der Waals surface area contributed by atoms with Gasteiger partial charge in [0.05, 0.1) is 11.4 Å². The molecule has 3 heteroatoms. The number of anilines is 2. The first kappa shape index (κ1) is 13.9. The first-order chi connectivity index (χ1) is 11.3. The fourth-order valence-electron chi connectivity index (χ4n) is 3.18. The number of hydrogen-bond donors (Lipinski definition) is 3. The van der Waals surface area contributed by atoms with Crippen molar-refractivity contribution in [3.8, 4) is 0 Å². The minimum atomic E-state index is -1.18. The lowest BCUT2D eigenvalue weighted by atomic mass is 9.83. The Kier molecular flexibility index (Phi) is 3.28. The smallest absolute Gasteiger partial charge is 0.153 e. The topological polar surface area (TPSA) is 44.3 Å². The normalized spacial score (nSPS) is 14.0. The molecule has 4 rings (SSSR count). The Morgan fingerprint density at radius 2 is 1.00 bits per heavy atom. The van der Waals surface area contributed by atoms with Crippen molar-refractivity contribution in [1.29, 1.82) is 0 Å². The number of fused-ring (bicyclic) bond motifs is 1. The van der Waals surface area contributed by atoms with Crippen LogP contribution in [0.25, 0.3) is 0 Å². The van der Waals surface area contributed by atoms with E-state index in [2.05, 4.69) is 10.6 Å². The van der Waals surface area contributed by atoms with Crippen molar-refractivity contribution in [2.24, 2.45) is 0 Å². The quantitative estimate of drug-likeness (QED) is 0.690. The summed E-state index contributed by atoms with van der Waals surface area (Å²) in [6.07, 6.45) is -0.343. The summed E-state index contributed by atoms with van der Waals surface area (Å²) in [5.74, 6) is 0. The molecule has 3 nitrogen and oxygen atoms in total. The lowest BCUT2D eigenvalue weighted by Gasteiger charge is -2.35. The predicted molar refractivity (Wildman–Crippen MR) is 93.4 cm³/mol. The number of nitrogens with one attached hydrogen (secondary N) is 2. The van der Waals surface area contributed by atoms with Crippen LogP contribution in [0.5, 0.6) is 0 Å². The average Bonchev–Trinajstić information content (AvgIpc) is 3.07. The van der Waals surface area contributed by atoms with Gasteiger partial charge in [-0.15, -0.1) is 0 Å².